The van der Waals surface area contributed by atoms with Gasteiger partial charge in [-0.2, -0.15) is 0 Å². The van der Waals surface area contributed by atoms with Crippen LogP contribution in [-0.4, -0.2) is 16.2 Å². The fourth-order valence-electron chi connectivity index (χ4n) is 2.38. The molecule has 1 aliphatic rings. The lowest BCUT2D eigenvalue weighted by atomic mass is 9.88. The minimum absolute atomic E-state index is 0.272. The standard InChI is InChI=1S/C12H14O3/c1-7-4-3-5-10-9(7)6-8(2)12(10,15)11(13)14/h3-5,8,15H,6H2,1-2H3,(H,13,14). The second-order valence-corrected chi connectivity index (χ2v) is 4.28. The zero-order valence-corrected chi connectivity index (χ0v) is 8.82. The largest absolute Gasteiger partial charge is 0.479 e. The number of benzene rings is 1. The molecule has 0 amide bonds. The second kappa shape index (κ2) is 3.07. The van der Waals surface area contributed by atoms with Crippen molar-refractivity contribution in [1.29, 1.82) is 0 Å². The lowest BCUT2D eigenvalue weighted by molar-refractivity contribution is -0.164. The first-order valence-corrected chi connectivity index (χ1v) is 5.02. The van der Waals surface area contributed by atoms with Crippen LogP contribution in [0.5, 0.6) is 0 Å². The van der Waals surface area contributed by atoms with Gasteiger partial charge >= 0.3 is 5.97 Å². The molecule has 2 atom stereocenters. The van der Waals surface area contributed by atoms with Gasteiger partial charge in [-0.25, -0.2) is 4.79 Å². The number of hydrogen-bond donors (Lipinski definition) is 2. The van der Waals surface area contributed by atoms with E-state index in [1.165, 1.54) is 0 Å². The smallest absolute Gasteiger partial charge is 0.340 e. The second-order valence-electron chi connectivity index (χ2n) is 4.28. The van der Waals surface area contributed by atoms with E-state index in [-0.39, 0.29) is 5.92 Å². The zero-order valence-electron chi connectivity index (χ0n) is 8.82. The maximum absolute atomic E-state index is 11.2. The van der Waals surface area contributed by atoms with Crippen molar-refractivity contribution in [3.63, 3.8) is 0 Å². The van der Waals surface area contributed by atoms with Gasteiger partial charge in [0.15, 0.2) is 5.60 Å². The summed E-state index contributed by atoms with van der Waals surface area (Å²) in [5.74, 6) is -1.43. The van der Waals surface area contributed by atoms with Gasteiger partial charge in [0.1, 0.15) is 0 Å². The Hall–Kier alpha value is -1.35. The number of aryl methyl sites for hydroxylation is 1. The molecule has 3 heteroatoms. The minimum Gasteiger partial charge on any atom is -0.479 e. The molecule has 0 aliphatic heterocycles. The third-order valence-electron chi connectivity index (χ3n) is 3.37. The summed E-state index contributed by atoms with van der Waals surface area (Å²) in [7, 11) is 0. The number of aliphatic carboxylic acids is 1. The van der Waals surface area contributed by atoms with Crippen molar-refractivity contribution in [2.75, 3.05) is 0 Å². The van der Waals surface area contributed by atoms with Gasteiger partial charge in [0.05, 0.1) is 0 Å². The van der Waals surface area contributed by atoms with Crippen LogP contribution in [0.15, 0.2) is 18.2 Å². The van der Waals surface area contributed by atoms with Crippen LogP contribution in [0.2, 0.25) is 0 Å². The van der Waals surface area contributed by atoms with Crippen molar-refractivity contribution in [3.8, 4) is 0 Å². The maximum atomic E-state index is 11.2. The molecule has 0 bridgehead atoms. The molecule has 2 N–H and O–H groups in total. The first-order chi connectivity index (χ1) is 6.98. The molecule has 0 spiro atoms. The van der Waals surface area contributed by atoms with E-state index in [9.17, 15) is 9.90 Å². The summed E-state index contributed by atoms with van der Waals surface area (Å²) in [5, 5.41) is 19.3. The predicted octanol–water partition coefficient (Wildman–Crippen LogP) is 1.46. The van der Waals surface area contributed by atoms with Crippen LogP contribution >= 0.6 is 0 Å². The van der Waals surface area contributed by atoms with Crippen molar-refractivity contribution in [3.05, 3.63) is 34.9 Å². The minimum atomic E-state index is -1.71. The summed E-state index contributed by atoms with van der Waals surface area (Å²) < 4.78 is 0. The molecule has 2 unspecified atom stereocenters. The Bertz CT molecular complexity index is 425. The van der Waals surface area contributed by atoms with Crippen LogP contribution in [-0.2, 0) is 16.8 Å². The third kappa shape index (κ3) is 1.20. The van der Waals surface area contributed by atoms with Gasteiger partial charge in [-0.3, -0.25) is 0 Å². The van der Waals surface area contributed by atoms with E-state index >= 15 is 0 Å². The number of hydrogen-bond acceptors (Lipinski definition) is 2. The zero-order chi connectivity index (χ0) is 11.2. The summed E-state index contributed by atoms with van der Waals surface area (Å²) in [6.07, 6.45) is 0.630. The molecule has 0 saturated carbocycles. The average Bonchev–Trinajstić information content (AvgIpc) is 2.44. The first kappa shape index (κ1) is 10.2. The Morgan fingerprint density at radius 2 is 2.20 bits per heavy atom. The average molecular weight is 206 g/mol. The van der Waals surface area contributed by atoms with Crippen LogP contribution in [0.25, 0.3) is 0 Å². The van der Waals surface area contributed by atoms with Crippen molar-refractivity contribution >= 4 is 5.97 Å². The molecule has 0 aromatic heterocycles. The quantitative estimate of drug-likeness (QED) is 0.731. The maximum Gasteiger partial charge on any atom is 0.340 e. The van der Waals surface area contributed by atoms with Crippen LogP contribution < -0.4 is 0 Å². The van der Waals surface area contributed by atoms with Crippen LogP contribution in [0.4, 0.5) is 0 Å². The van der Waals surface area contributed by atoms with Gasteiger partial charge in [-0.15, -0.1) is 0 Å². The van der Waals surface area contributed by atoms with Gasteiger partial charge in [0, 0.05) is 5.92 Å². The molecule has 1 aromatic rings. The Kier molecular flexibility index (Phi) is 2.08. The third-order valence-corrected chi connectivity index (χ3v) is 3.37. The van der Waals surface area contributed by atoms with E-state index in [1.54, 1.807) is 19.1 Å². The summed E-state index contributed by atoms with van der Waals surface area (Å²) in [4.78, 5) is 11.2. The summed E-state index contributed by atoms with van der Waals surface area (Å²) >= 11 is 0. The number of rotatable bonds is 1. The normalized spacial score (nSPS) is 28.9. The number of aliphatic hydroxyl groups is 1. The molecule has 3 nitrogen and oxygen atoms in total. The molecular formula is C12H14O3. The van der Waals surface area contributed by atoms with E-state index in [0.717, 1.165) is 11.1 Å². The van der Waals surface area contributed by atoms with Gasteiger partial charge in [-0.1, -0.05) is 25.1 Å². The van der Waals surface area contributed by atoms with E-state index in [4.69, 9.17) is 5.11 Å². The van der Waals surface area contributed by atoms with E-state index in [2.05, 4.69) is 0 Å². The highest BCUT2D eigenvalue weighted by Crippen LogP contribution is 2.42. The Morgan fingerprint density at radius 1 is 1.53 bits per heavy atom. The summed E-state index contributed by atoms with van der Waals surface area (Å²) in [5.41, 5.74) is 0.885. The molecular weight excluding hydrogens is 192 g/mol. The predicted molar refractivity (Wildman–Crippen MR) is 55.6 cm³/mol. The van der Waals surface area contributed by atoms with E-state index in [1.807, 2.05) is 13.0 Å². The van der Waals surface area contributed by atoms with E-state index < -0.39 is 11.6 Å². The van der Waals surface area contributed by atoms with Gasteiger partial charge in [0.2, 0.25) is 0 Å². The number of fused-ring (bicyclic) bond motifs is 1. The Labute approximate surface area is 88.4 Å². The monoisotopic (exact) mass is 206 g/mol. The van der Waals surface area contributed by atoms with Gasteiger partial charge in [-0.05, 0) is 30.0 Å². The molecule has 0 radical (unpaired) electrons. The molecule has 15 heavy (non-hydrogen) atoms. The molecule has 0 fully saturated rings. The lowest BCUT2D eigenvalue weighted by Gasteiger charge is -2.23. The molecule has 1 aromatic carbocycles. The van der Waals surface area contributed by atoms with Crippen LogP contribution in [0.3, 0.4) is 0 Å². The summed E-state index contributed by atoms with van der Waals surface area (Å²) in [6.45, 7) is 3.71. The molecule has 2 rings (SSSR count). The van der Waals surface area contributed by atoms with Crippen molar-refractivity contribution in [1.82, 2.24) is 0 Å². The van der Waals surface area contributed by atoms with Crippen LogP contribution in [0.1, 0.15) is 23.6 Å². The SMILES string of the molecule is Cc1cccc2c1CC(C)C2(O)C(=O)O. The highest BCUT2D eigenvalue weighted by Gasteiger charge is 2.49. The molecule has 0 heterocycles. The van der Waals surface area contributed by atoms with Crippen molar-refractivity contribution in [2.45, 2.75) is 25.9 Å². The molecule has 80 valence electrons. The first-order valence-electron chi connectivity index (χ1n) is 5.02. The molecule has 1 aliphatic carbocycles. The highest BCUT2D eigenvalue weighted by atomic mass is 16.4. The van der Waals surface area contributed by atoms with E-state index in [0.29, 0.717) is 12.0 Å². The fourth-order valence-corrected chi connectivity index (χ4v) is 2.38. The lowest BCUT2D eigenvalue weighted by Crippen LogP contribution is -2.38. The summed E-state index contributed by atoms with van der Waals surface area (Å²) in [6, 6.07) is 5.44. The Balaban J connectivity index is 2.65. The number of carboxylic acid groups (broad SMARTS) is 1. The highest BCUT2D eigenvalue weighted by molar-refractivity contribution is 5.81. The topological polar surface area (TPSA) is 57.5 Å². The van der Waals surface area contributed by atoms with Gasteiger partial charge in [0.25, 0.3) is 0 Å². The molecule has 0 saturated heterocycles. The van der Waals surface area contributed by atoms with Crippen LogP contribution in [0, 0.1) is 12.8 Å². The van der Waals surface area contributed by atoms with Gasteiger partial charge < -0.3 is 10.2 Å². The fraction of sp³-hybridized carbons (Fsp3) is 0.417. The Morgan fingerprint density at radius 3 is 2.80 bits per heavy atom. The number of carbonyl (C=O) groups is 1. The van der Waals surface area contributed by atoms with Crippen molar-refractivity contribution in [2.24, 2.45) is 5.92 Å². The van der Waals surface area contributed by atoms with Crippen molar-refractivity contribution < 1.29 is 15.0 Å². The number of carboxylic acids is 1.